The highest BCUT2D eigenvalue weighted by atomic mass is 16.4. The number of hydrogen-bond donors (Lipinski definition) is 4. The fraction of sp³-hybridized carbons (Fsp3) is 0.278. The molecule has 2 aromatic rings. The smallest absolute Gasteiger partial charge is 0.405 e. The van der Waals surface area contributed by atoms with Crippen molar-refractivity contribution in [3.05, 3.63) is 54.2 Å². The van der Waals surface area contributed by atoms with Crippen LogP contribution in [0.2, 0.25) is 0 Å². The Morgan fingerprint density at radius 2 is 1.84 bits per heavy atom. The van der Waals surface area contributed by atoms with Gasteiger partial charge < -0.3 is 10.4 Å². The van der Waals surface area contributed by atoms with Crippen LogP contribution in [0.4, 0.5) is 4.79 Å². The van der Waals surface area contributed by atoms with Crippen LogP contribution in [0.3, 0.4) is 0 Å². The molecule has 0 aliphatic carbocycles. The van der Waals surface area contributed by atoms with Crippen LogP contribution in [-0.2, 0) is 11.3 Å². The number of hydrogen-bond acceptors (Lipinski definition) is 4. The Balaban J connectivity index is 1.87. The molecule has 7 nitrogen and oxygen atoms in total. The molecule has 0 unspecified atom stereocenters. The highest BCUT2D eigenvalue weighted by Gasteiger charge is 2.23. The summed E-state index contributed by atoms with van der Waals surface area (Å²) in [7, 11) is 0. The Morgan fingerprint density at radius 3 is 2.40 bits per heavy atom. The maximum absolute atomic E-state index is 12.0. The van der Waals surface area contributed by atoms with Crippen LogP contribution in [0.15, 0.2) is 48.7 Å². The number of rotatable bonds is 7. The lowest BCUT2D eigenvalue weighted by Gasteiger charge is -2.20. The van der Waals surface area contributed by atoms with Gasteiger partial charge in [-0.15, -0.1) is 0 Å². The zero-order valence-electron chi connectivity index (χ0n) is 14.2. The molecule has 0 radical (unpaired) electrons. The van der Waals surface area contributed by atoms with Crippen molar-refractivity contribution in [3.63, 3.8) is 0 Å². The number of benzene rings is 1. The number of carbonyl (C=O) groups excluding carboxylic acids is 1. The molecule has 0 saturated heterocycles. The van der Waals surface area contributed by atoms with Crippen LogP contribution >= 0.6 is 0 Å². The van der Waals surface area contributed by atoms with Gasteiger partial charge >= 0.3 is 6.09 Å². The SMILES string of the molecule is CC(C)[C@H](NC(=O)O)C(=O)NNCc1ccc(-c2ccccn2)cc1. The lowest BCUT2D eigenvalue weighted by Crippen LogP contribution is -2.52. The van der Waals surface area contributed by atoms with Crippen molar-refractivity contribution in [1.29, 1.82) is 0 Å². The van der Waals surface area contributed by atoms with Gasteiger partial charge in [0.1, 0.15) is 6.04 Å². The van der Waals surface area contributed by atoms with E-state index in [1.165, 1.54) is 0 Å². The van der Waals surface area contributed by atoms with E-state index in [4.69, 9.17) is 5.11 Å². The molecule has 132 valence electrons. The Labute approximate surface area is 146 Å². The van der Waals surface area contributed by atoms with Gasteiger partial charge in [-0.05, 0) is 23.6 Å². The first-order valence-corrected chi connectivity index (χ1v) is 8.00. The molecular formula is C18H22N4O3. The summed E-state index contributed by atoms with van der Waals surface area (Å²) >= 11 is 0. The number of amides is 2. The quantitative estimate of drug-likeness (QED) is 0.577. The normalized spacial score (nSPS) is 11.8. The van der Waals surface area contributed by atoms with E-state index in [0.29, 0.717) is 6.54 Å². The number of pyridine rings is 1. The Kier molecular flexibility index (Phi) is 6.47. The van der Waals surface area contributed by atoms with E-state index in [9.17, 15) is 9.59 Å². The third-order valence-electron chi connectivity index (χ3n) is 3.65. The van der Waals surface area contributed by atoms with E-state index in [-0.39, 0.29) is 5.92 Å². The van der Waals surface area contributed by atoms with Crippen molar-refractivity contribution in [2.24, 2.45) is 5.92 Å². The van der Waals surface area contributed by atoms with Crippen LogP contribution in [0, 0.1) is 5.92 Å². The maximum atomic E-state index is 12.0. The number of aromatic nitrogens is 1. The highest BCUT2D eigenvalue weighted by Crippen LogP contribution is 2.16. The fourth-order valence-corrected chi connectivity index (χ4v) is 2.31. The summed E-state index contributed by atoms with van der Waals surface area (Å²) in [5.41, 5.74) is 8.25. The summed E-state index contributed by atoms with van der Waals surface area (Å²) in [4.78, 5) is 27.1. The monoisotopic (exact) mass is 342 g/mol. The molecule has 0 aliphatic rings. The molecule has 1 heterocycles. The maximum Gasteiger partial charge on any atom is 0.405 e. The summed E-state index contributed by atoms with van der Waals surface area (Å²) < 4.78 is 0. The highest BCUT2D eigenvalue weighted by molar-refractivity contribution is 5.85. The molecule has 0 spiro atoms. The van der Waals surface area contributed by atoms with Gasteiger partial charge in [-0.1, -0.05) is 44.2 Å². The number of carbonyl (C=O) groups is 2. The van der Waals surface area contributed by atoms with Gasteiger partial charge in [0, 0.05) is 18.3 Å². The zero-order chi connectivity index (χ0) is 18.2. The van der Waals surface area contributed by atoms with E-state index in [1.54, 1.807) is 20.0 Å². The number of hydrazine groups is 1. The van der Waals surface area contributed by atoms with Crippen LogP contribution in [0.25, 0.3) is 11.3 Å². The molecule has 7 heteroatoms. The van der Waals surface area contributed by atoms with Gasteiger partial charge in [-0.25, -0.2) is 10.2 Å². The molecule has 0 fully saturated rings. The zero-order valence-corrected chi connectivity index (χ0v) is 14.2. The molecule has 0 aliphatic heterocycles. The third-order valence-corrected chi connectivity index (χ3v) is 3.65. The predicted octanol–water partition coefficient (Wildman–Crippen LogP) is 2.16. The topological polar surface area (TPSA) is 103 Å². The van der Waals surface area contributed by atoms with Gasteiger partial charge in [-0.3, -0.25) is 15.2 Å². The average molecular weight is 342 g/mol. The molecule has 1 atom stereocenters. The molecule has 0 saturated carbocycles. The van der Waals surface area contributed by atoms with Gasteiger partial charge in [0.2, 0.25) is 0 Å². The number of carboxylic acid groups (broad SMARTS) is 1. The first-order valence-electron chi connectivity index (χ1n) is 8.00. The summed E-state index contributed by atoms with van der Waals surface area (Å²) in [6, 6.07) is 12.7. The number of nitrogens with one attached hydrogen (secondary N) is 3. The Hall–Kier alpha value is -2.93. The molecule has 2 amide bonds. The molecule has 1 aromatic heterocycles. The van der Waals surface area contributed by atoms with Gasteiger partial charge in [-0.2, -0.15) is 0 Å². The largest absolute Gasteiger partial charge is 0.465 e. The summed E-state index contributed by atoms with van der Waals surface area (Å²) in [6.45, 7) is 3.97. The fourth-order valence-electron chi connectivity index (χ4n) is 2.31. The van der Waals surface area contributed by atoms with E-state index in [2.05, 4.69) is 21.2 Å². The van der Waals surface area contributed by atoms with Crippen LogP contribution < -0.4 is 16.2 Å². The summed E-state index contributed by atoms with van der Waals surface area (Å²) in [5, 5.41) is 11.0. The third kappa shape index (κ3) is 5.58. The van der Waals surface area contributed by atoms with Crippen molar-refractivity contribution in [3.8, 4) is 11.3 Å². The first-order chi connectivity index (χ1) is 12.0. The molecule has 4 N–H and O–H groups in total. The molecule has 25 heavy (non-hydrogen) atoms. The predicted molar refractivity (Wildman–Crippen MR) is 94.4 cm³/mol. The van der Waals surface area contributed by atoms with Crippen molar-refractivity contribution in [2.45, 2.75) is 26.4 Å². The molecule has 2 rings (SSSR count). The van der Waals surface area contributed by atoms with E-state index >= 15 is 0 Å². The Bertz CT molecular complexity index is 702. The van der Waals surface area contributed by atoms with Crippen molar-refractivity contribution in [1.82, 2.24) is 21.2 Å². The van der Waals surface area contributed by atoms with Gasteiger partial charge in [0.15, 0.2) is 0 Å². The second-order valence-corrected chi connectivity index (χ2v) is 5.93. The molecule has 0 bridgehead atoms. The minimum Gasteiger partial charge on any atom is -0.465 e. The summed E-state index contributed by atoms with van der Waals surface area (Å²) in [6.07, 6.45) is 0.523. The minimum absolute atomic E-state index is 0.157. The average Bonchev–Trinajstić information content (AvgIpc) is 2.60. The standard InChI is InChI=1S/C18H22N4O3/c1-12(2)16(21-18(24)25)17(23)22-20-11-13-6-8-14(9-7-13)15-5-3-4-10-19-15/h3-10,12,16,20-21H,11H2,1-2H3,(H,22,23)(H,24,25)/t16-/m0/s1. The van der Waals surface area contributed by atoms with E-state index in [0.717, 1.165) is 16.8 Å². The first kappa shape index (κ1) is 18.4. The van der Waals surface area contributed by atoms with Crippen molar-refractivity contribution >= 4 is 12.0 Å². The van der Waals surface area contributed by atoms with Crippen molar-refractivity contribution in [2.75, 3.05) is 0 Å². The second kappa shape index (κ2) is 8.79. The van der Waals surface area contributed by atoms with Crippen LogP contribution in [0.5, 0.6) is 0 Å². The van der Waals surface area contributed by atoms with Crippen molar-refractivity contribution < 1.29 is 14.7 Å². The Morgan fingerprint density at radius 1 is 1.12 bits per heavy atom. The van der Waals surface area contributed by atoms with Gasteiger partial charge in [0.05, 0.1) is 5.69 Å². The second-order valence-electron chi connectivity index (χ2n) is 5.93. The van der Waals surface area contributed by atoms with E-state index < -0.39 is 18.0 Å². The summed E-state index contributed by atoms with van der Waals surface area (Å²) in [5.74, 6) is -0.571. The molecular weight excluding hydrogens is 320 g/mol. The van der Waals surface area contributed by atoms with Crippen LogP contribution in [0.1, 0.15) is 19.4 Å². The minimum atomic E-state index is -1.22. The van der Waals surface area contributed by atoms with Gasteiger partial charge in [0.25, 0.3) is 5.91 Å². The van der Waals surface area contributed by atoms with Crippen LogP contribution in [-0.4, -0.2) is 28.1 Å². The van der Waals surface area contributed by atoms with E-state index in [1.807, 2.05) is 42.5 Å². The lowest BCUT2D eigenvalue weighted by atomic mass is 10.0. The lowest BCUT2D eigenvalue weighted by molar-refractivity contribution is -0.125. The number of nitrogens with zero attached hydrogens (tertiary/aromatic N) is 1. The molecule has 1 aromatic carbocycles.